The molecular formula is C24H16Br2ClN3O4. The predicted octanol–water partition coefficient (Wildman–Crippen LogP) is 7.16. The van der Waals surface area contributed by atoms with Crippen LogP contribution in [0.15, 0.2) is 63.5 Å². The molecule has 0 radical (unpaired) electrons. The van der Waals surface area contributed by atoms with Crippen LogP contribution in [0.5, 0.6) is 5.75 Å². The fourth-order valence-electron chi connectivity index (χ4n) is 2.94. The van der Waals surface area contributed by atoms with Crippen LogP contribution in [-0.4, -0.2) is 17.4 Å². The van der Waals surface area contributed by atoms with E-state index in [0.717, 1.165) is 10.0 Å². The molecule has 3 aromatic carbocycles. The third kappa shape index (κ3) is 6.44. The van der Waals surface area contributed by atoms with Gasteiger partial charge in [-0.25, -0.2) is 0 Å². The van der Waals surface area contributed by atoms with Crippen molar-refractivity contribution in [3.8, 4) is 11.8 Å². The molecule has 172 valence electrons. The fraction of sp³-hybridized carbons (Fsp3) is 0.0833. The minimum Gasteiger partial charge on any atom is -0.482 e. The number of rotatable bonds is 7. The number of benzene rings is 3. The van der Waals surface area contributed by atoms with Gasteiger partial charge in [-0.15, -0.1) is 0 Å². The van der Waals surface area contributed by atoms with E-state index in [1.54, 1.807) is 36.4 Å². The van der Waals surface area contributed by atoms with Gasteiger partial charge in [0.1, 0.15) is 5.75 Å². The molecule has 0 saturated heterocycles. The number of allylic oxidation sites excluding steroid dienone is 1. The molecule has 1 N–H and O–H groups in total. The minimum atomic E-state index is -0.507. The lowest BCUT2D eigenvalue weighted by molar-refractivity contribution is -0.384. The summed E-state index contributed by atoms with van der Waals surface area (Å²) in [5.74, 6) is -0.0320. The zero-order valence-corrected chi connectivity index (χ0v) is 21.6. The number of carbonyl (C=O) groups excluding carboxylic acids is 1. The van der Waals surface area contributed by atoms with Gasteiger partial charge in [-0.2, -0.15) is 5.26 Å². The molecule has 1 amide bonds. The number of carbonyl (C=O) groups is 1. The number of amides is 1. The van der Waals surface area contributed by atoms with Crippen LogP contribution in [-0.2, 0) is 4.79 Å². The number of ether oxygens (including phenoxy) is 1. The molecule has 10 heteroatoms. The molecule has 0 aliphatic rings. The molecule has 3 rings (SSSR count). The summed E-state index contributed by atoms with van der Waals surface area (Å²) in [6, 6.07) is 16.4. The molecule has 7 nitrogen and oxygen atoms in total. The van der Waals surface area contributed by atoms with Crippen molar-refractivity contribution in [2.45, 2.75) is 6.92 Å². The first-order valence-electron chi connectivity index (χ1n) is 9.72. The van der Waals surface area contributed by atoms with Gasteiger partial charge in [0, 0.05) is 32.9 Å². The molecule has 0 fully saturated rings. The molecule has 3 aromatic rings. The molecule has 0 bridgehead atoms. The van der Waals surface area contributed by atoms with Crippen molar-refractivity contribution in [2.24, 2.45) is 0 Å². The Kier molecular flexibility index (Phi) is 8.45. The number of hydrogen-bond acceptors (Lipinski definition) is 5. The second-order valence-electron chi connectivity index (χ2n) is 7.08. The van der Waals surface area contributed by atoms with E-state index in [2.05, 4.69) is 43.2 Å². The molecule has 0 aliphatic heterocycles. The molecular weight excluding hydrogens is 590 g/mol. The van der Waals surface area contributed by atoms with Crippen molar-refractivity contribution in [3.63, 3.8) is 0 Å². The van der Waals surface area contributed by atoms with Gasteiger partial charge in [-0.05, 0) is 76.5 Å². The number of aryl methyl sites for hydroxylation is 1. The summed E-state index contributed by atoms with van der Waals surface area (Å²) in [6.45, 7) is 1.58. The Morgan fingerprint density at radius 3 is 2.53 bits per heavy atom. The van der Waals surface area contributed by atoms with Gasteiger partial charge < -0.3 is 10.1 Å². The molecule has 0 saturated carbocycles. The largest absolute Gasteiger partial charge is 0.482 e. The number of anilines is 1. The standard InChI is InChI=1S/C24H16Br2ClN3O4/c1-14-2-5-19(11-22(14)27)29-23(31)13-34-24-16(9-18(25)10-21(24)26)8-17(12-28)15-3-6-20(7-4-15)30(32)33/h2-11H,13H2,1H3,(H,29,31)/b17-8+. The number of non-ortho nitro benzene ring substituents is 1. The lowest BCUT2D eigenvalue weighted by Gasteiger charge is -2.13. The molecule has 0 unspecified atom stereocenters. The van der Waals surface area contributed by atoms with Crippen LogP contribution in [0.1, 0.15) is 16.7 Å². The van der Waals surface area contributed by atoms with Gasteiger partial charge in [0.15, 0.2) is 6.61 Å². The second-order valence-corrected chi connectivity index (χ2v) is 9.26. The Bertz CT molecular complexity index is 1340. The van der Waals surface area contributed by atoms with Gasteiger partial charge in [0.2, 0.25) is 0 Å². The van der Waals surface area contributed by atoms with E-state index in [4.69, 9.17) is 16.3 Å². The lowest BCUT2D eigenvalue weighted by atomic mass is 10.0. The predicted molar refractivity (Wildman–Crippen MR) is 139 cm³/mol. The van der Waals surface area contributed by atoms with Gasteiger partial charge in [0.25, 0.3) is 11.6 Å². The Hall–Kier alpha value is -3.19. The fourth-order valence-corrected chi connectivity index (χ4v) is 4.50. The number of nitrogens with zero attached hydrogens (tertiary/aromatic N) is 2. The van der Waals surface area contributed by atoms with Gasteiger partial charge in [-0.1, -0.05) is 33.6 Å². The zero-order valence-electron chi connectivity index (χ0n) is 17.6. The summed E-state index contributed by atoms with van der Waals surface area (Å²) in [7, 11) is 0. The monoisotopic (exact) mass is 603 g/mol. The lowest BCUT2D eigenvalue weighted by Crippen LogP contribution is -2.20. The highest BCUT2D eigenvalue weighted by atomic mass is 79.9. The van der Waals surface area contributed by atoms with E-state index in [0.29, 0.717) is 32.1 Å². The van der Waals surface area contributed by atoms with Crippen molar-refractivity contribution in [3.05, 3.63) is 95.4 Å². The van der Waals surface area contributed by atoms with Gasteiger partial charge in [0.05, 0.1) is 21.0 Å². The molecule has 0 heterocycles. The van der Waals surface area contributed by atoms with Crippen LogP contribution in [0, 0.1) is 28.4 Å². The number of nitrogens with one attached hydrogen (secondary N) is 1. The summed E-state index contributed by atoms with van der Waals surface area (Å²) in [5, 5.41) is 23.8. The summed E-state index contributed by atoms with van der Waals surface area (Å²) in [6.07, 6.45) is 1.59. The summed E-state index contributed by atoms with van der Waals surface area (Å²) in [5.41, 5.74) is 2.67. The molecule has 0 aromatic heterocycles. The normalized spacial score (nSPS) is 11.0. The highest BCUT2D eigenvalue weighted by Crippen LogP contribution is 2.35. The quantitative estimate of drug-likeness (QED) is 0.133. The molecule has 0 atom stereocenters. The van der Waals surface area contributed by atoms with E-state index >= 15 is 0 Å². The third-order valence-electron chi connectivity index (χ3n) is 4.65. The van der Waals surface area contributed by atoms with Crippen molar-refractivity contribution < 1.29 is 14.5 Å². The number of nitriles is 1. The van der Waals surface area contributed by atoms with Crippen LogP contribution in [0.3, 0.4) is 0 Å². The van der Waals surface area contributed by atoms with Crippen LogP contribution in [0.25, 0.3) is 11.6 Å². The van der Waals surface area contributed by atoms with Crippen molar-refractivity contribution in [1.82, 2.24) is 0 Å². The first kappa shape index (κ1) is 25.4. The highest BCUT2D eigenvalue weighted by Gasteiger charge is 2.14. The van der Waals surface area contributed by atoms with E-state index in [-0.39, 0.29) is 23.8 Å². The van der Waals surface area contributed by atoms with Gasteiger partial charge >= 0.3 is 0 Å². The van der Waals surface area contributed by atoms with Crippen LogP contribution in [0.4, 0.5) is 11.4 Å². The maximum absolute atomic E-state index is 12.4. The first-order chi connectivity index (χ1) is 16.2. The maximum Gasteiger partial charge on any atom is 0.269 e. The maximum atomic E-state index is 12.4. The molecule has 0 aliphatic carbocycles. The average Bonchev–Trinajstić information content (AvgIpc) is 2.79. The summed E-state index contributed by atoms with van der Waals surface area (Å²) < 4.78 is 7.08. The van der Waals surface area contributed by atoms with Crippen molar-refractivity contribution in [1.29, 1.82) is 5.26 Å². The third-order valence-corrected chi connectivity index (χ3v) is 6.10. The zero-order chi connectivity index (χ0) is 24.8. The Balaban J connectivity index is 1.85. The summed E-state index contributed by atoms with van der Waals surface area (Å²) >= 11 is 13.0. The van der Waals surface area contributed by atoms with E-state index in [9.17, 15) is 20.2 Å². The van der Waals surface area contributed by atoms with Crippen molar-refractivity contribution >= 4 is 72.4 Å². The van der Waals surface area contributed by atoms with Crippen LogP contribution >= 0.6 is 43.5 Å². The van der Waals surface area contributed by atoms with Crippen LogP contribution in [0.2, 0.25) is 5.02 Å². The minimum absolute atomic E-state index is 0.0730. The smallest absolute Gasteiger partial charge is 0.269 e. The topological polar surface area (TPSA) is 105 Å². The average molecular weight is 606 g/mol. The number of nitro groups is 1. The number of halogens is 3. The van der Waals surface area contributed by atoms with Crippen molar-refractivity contribution in [2.75, 3.05) is 11.9 Å². The van der Waals surface area contributed by atoms with E-state index < -0.39 is 4.92 Å². The van der Waals surface area contributed by atoms with Crippen LogP contribution < -0.4 is 10.1 Å². The number of hydrogen-bond donors (Lipinski definition) is 1. The Morgan fingerprint density at radius 1 is 1.21 bits per heavy atom. The van der Waals surface area contributed by atoms with Gasteiger partial charge in [-0.3, -0.25) is 14.9 Å². The SMILES string of the molecule is Cc1ccc(NC(=O)COc2c(Br)cc(Br)cc2/C=C(\C#N)c2ccc([N+](=O)[O-])cc2)cc1Cl. The van der Waals surface area contributed by atoms with E-state index in [1.807, 2.05) is 6.92 Å². The Labute approximate surface area is 217 Å². The molecule has 0 spiro atoms. The molecule has 34 heavy (non-hydrogen) atoms. The second kappa shape index (κ2) is 11.3. The highest BCUT2D eigenvalue weighted by molar-refractivity contribution is 9.11. The first-order valence-corrected chi connectivity index (χ1v) is 11.7. The van der Waals surface area contributed by atoms with E-state index in [1.165, 1.54) is 24.3 Å². The number of nitro benzene ring substituents is 1. The Morgan fingerprint density at radius 2 is 1.91 bits per heavy atom. The summed E-state index contributed by atoms with van der Waals surface area (Å²) in [4.78, 5) is 22.8.